The van der Waals surface area contributed by atoms with E-state index in [1.165, 1.54) is 6.42 Å². The Kier molecular flexibility index (Phi) is 3.47. The first-order valence-electron chi connectivity index (χ1n) is 6.09. The van der Waals surface area contributed by atoms with E-state index < -0.39 is 5.54 Å². The molecular weight excluding hydrogens is 218 g/mol. The lowest BCUT2D eigenvalue weighted by molar-refractivity contribution is -0.127. The van der Waals surface area contributed by atoms with Crippen molar-refractivity contribution in [2.24, 2.45) is 5.73 Å². The van der Waals surface area contributed by atoms with Crippen LogP contribution in [0.2, 0.25) is 0 Å². The van der Waals surface area contributed by atoms with E-state index in [1.54, 1.807) is 6.20 Å². The number of rotatable bonds is 3. The van der Waals surface area contributed by atoms with E-state index in [2.05, 4.69) is 10.3 Å². The Balaban J connectivity index is 1.88. The van der Waals surface area contributed by atoms with Crippen molar-refractivity contribution in [2.45, 2.75) is 51.1 Å². The lowest BCUT2D eigenvalue weighted by Gasteiger charge is -2.31. The second-order valence-electron chi connectivity index (χ2n) is 4.76. The Bertz CT molecular complexity index is 394. The zero-order valence-electron chi connectivity index (χ0n) is 10.2. The van der Waals surface area contributed by atoms with Crippen molar-refractivity contribution in [1.29, 1.82) is 0 Å². The summed E-state index contributed by atoms with van der Waals surface area (Å²) >= 11 is 0. The molecule has 0 saturated heterocycles. The quantitative estimate of drug-likeness (QED) is 0.829. The Labute approximate surface area is 101 Å². The van der Waals surface area contributed by atoms with Crippen molar-refractivity contribution in [1.82, 2.24) is 10.3 Å². The number of aromatic nitrogens is 1. The first-order valence-corrected chi connectivity index (χ1v) is 6.09. The molecule has 5 heteroatoms. The van der Waals surface area contributed by atoms with Crippen molar-refractivity contribution in [3.05, 3.63) is 17.8 Å². The highest BCUT2D eigenvalue weighted by molar-refractivity contribution is 5.86. The van der Waals surface area contributed by atoms with E-state index >= 15 is 0 Å². The van der Waals surface area contributed by atoms with Gasteiger partial charge in [0, 0.05) is 0 Å². The normalized spacial score (nSPS) is 18.9. The fraction of sp³-hybridized carbons (Fsp3) is 0.667. The Morgan fingerprint density at radius 2 is 2.24 bits per heavy atom. The number of oxazole rings is 1. The van der Waals surface area contributed by atoms with Crippen molar-refractivity contribution in [2.75, 3.05) is 0 Å². The lowest BCUT2D eigenvalue weighted by atomic mass is 9.82. The molecule has 1 aromatic heterocycles. The van der Waals surface area contributed by atoms with Gasteiger partial charge in [-0.15, -0.1) is 0 Å². The van der Waals surface area contributed by atoms with Crippen LogP contribution in [0, 0.1) is 6.92 Å². The summed E-state index contributed by atoms with van der Waals surface area (Å²) in [7, 11) is 0. The third-order valence-corrected chi connectivity index (χ3v) is 3.27. The SMILES string of the molecule is Cc1cnc(CNC(=O)C2(N)CCCCC2)o1. The molecule has 1 heterocycles. The number of carbonyl (C=O) groups excluding carboxylic acids is 1. The zero-order valence-corrected chi connectivity index (χ0v) is 10.2. The molecule has 1 saturated carbocycles. The third kappa shape index (κ3) is 2.85. The number of carbonyl (C=O) groups is 1. The van der Waals surface area contributed by atoms with Crippen LogP contribution in [0.1, 0.15) is 43.8 Å². The predicted molar refractivity (Wildman–Crippen MR) is 63.1 cm³/mol. The number of hydrogen-bond donors (Lipinski definition) is 2. The maximum atomic E-state index is 12.0. The highest BCUT2D eigenvalue weighted by Gasteiger charge is 2.35. The van der Waals surface area contributed by atoms with Gasteiger partial charge in [0.1, 0.15) is 5.76 Å². The molecule has 1 amide bonds. The molecule has 0 bridgehead atoms. The van der Waals surface area contributed by atoms with E-state index in [4.69, 9.17) is 10.2 Å². The van der Waals surface area contributed by atoms with E-state index in [0.29, 0.717) is 12.4 Å². The van der Waals surface area contributed by atoms with E-state index in [1.807, 2.05) is 6.92 Å². The Hall–Kier alpha value is -1.36. The van der Waals surface area contributed by atoms with Crippen molar-refractivity contribution in [3.63, 3.8) is 0 Å². The van der Waals surface area contributed by atoms with Crippen molar-refractivity contribution >= 4 is 5.91 Å². The molecule has 94 valence electrons. The first-order chi connectivity index (χ1) is 8.10. The van der Waals surface area contributed by atoms with Gasteiger partial charge in [-0.1, -0.05) is 19.3 Å². The second kappa shape index (κ2) is 4.87. The highest BCUT2D eigenvalue weighted by atomic mass is 16.4. The summed E-state index contributed by atoms with van der Waals surface area (Å²) in [6.07, 6.45) is 6.41. The summed E-state index contributed by atoms with van der Waals surface area (Å²) < 4.78 is 5.29. The smallest absolute Gasteiger partial charge is 0.240 e. The molecule has 0 unspecified atom stereocenters. The average molecular weight is 237 g/mol. The maximum Gasteiger partial charge on any atom is 0.240 e. The summed E-state index contributed by atoms with van der Waals surface area (Å²) in [5.41, 5.74) is 5.41. The molecule has 5 nitrogen and oxygen atoms in total. The molecular formula is C12H19N3O2. The monoisotopic (exact) mass is 237 g/mol. The van der Waals surface area contributed by atoms with Gasteiger partial charge in [0.25, 0.3) is 0 Å². The molecule has 0 atom stereocenters. The number of aryl methyl sites for hydroxylation is 1. The molecule has 17 heavy (non-hydrogen) atoms. The van der Waals surface area contributed by atoms with E-state index in [9.17, 15) is 4.79 Å². The van der Waals surface area contributed by atoms with Gasteiger partial charge in [-0.25, -0.2) is 4.98 Å². The van der Waals surface area contributed by atoms with Gasteiger partial charge in [-0.05, 0) is 19.8 Å². The van der Waals surface area contributed by atoms with Crippen LogP contribution in [0.15, 0.2) is 10.6 Å². The minimum Gasteiger partial charge on any atom is -0.444 e. The van der Waals surface area contributed by atoms with E-state index in [0.717, 1.165) is 31.4 Å². The average Bonchev–Trinajstić information content (AvgIpc) is 2.73. The van der Waals surface area contributed by atoms with Gasteiger partial charge in [0.15, 0.2) is 0 Å². The van der Waals surface area contributed by atoms with Crippen LogP contribution in [0.4, 0.5) is 0 Å². The van der Waals surface area contributed by atoms with Crippen LogP contribution in [-0.4, -0.2) is 16.4 Å². The van der Waals surface area contributed by atoms with Crippen LogP contribution in [0.25, 0.3) is 0 Å². The number of nitrogens with two attached hydrogens (primary N) is 1. The number of nitrogens with zero attached hydrogens (tertiary/aromatic N) is 1. The molecule has 0 aromatic carbocycles. The predicted octanol–water partition coefficient (Wildman–Crippen LogP) is 1.26. The minimum absolute atomic E-state index is 0.0898. The fourth-order valence-electron chi connectivity index (χ4n) is 2.22. The van der Waals surface area contributed by atoms with Crippen molar-refractivity contribution < 1.29 is 9.21 Å². The molecule has 0 aliphatic heterocycles. The Morgan fingerprint density at radius 3 is 2.82 bits per heavy atom. The number of nitrogens with one attached hydrogen (secondary N) is 1. The van der Waals surface area contributed by atoms with E-state index in [-0.39, 0.29) is 5.91 Å². The summed E-state index contributed by atoms with van der Waals surface area (Å²) in [5.74, 6) is 1.18. The van der Waals surface area contributed by atoms with Gasteiger partial charge in [-0.3, -0.25) is 4.79 Å². The van der Waals surface area contributed by atoms with Gasteiger partial charge in [0.2, 0.25) is 11.8 Å². The summed E-state index contributed by atoms with van der Waals surface area (Å²) in [4.78, 5) is 16.0. The molecule has 1 fully saturated rings. The third-order valence-electron chi connectivity index (χ3n) is 3.27. The zero-order chi connectivity index (χ0) is 12.3. The lowest BCUT2D eigenvalue weighted by Crippen LogP contribution is -2.54. The van der Waals surface area contributed by atoms with Gasteiger partial charge >= 0.3 is 0 Å². The van der Waals surface area contributed by atoms with Gasteiger partial charge < -0.3 is 15.5 Å². The number of amides is 1. The first kappa shape index (κ1) is 12.1. The molecule has 3 N–H and O–H groups in total. The summed E-state index contributed by atoms with van der Waals surface area (Å²) in [6.45, 7) is 2.13. The largest absolute Gasteiger partial charge is 0.444 e. The molecule has 1 aliphatic rings. The fourth-order valence-corrected chi connectivity index (χ4v) is 2.22. The maximum absolute atomic E-state index is 12.0. The standard InChI is InChI=1S/C12H19N3O2/c1-9-7-14-10(17-9)8-15-11(16)12(13)5-3-2-4-6-12/h7H,2-6,8,13H2,1H3,(H,15,16). The Morgan fingerprint density at radius 1 is 1.53 bits per heavy atom. The van der Waals surface area contributed by atoms with Crippen LogP contribution in [0.5, 0.6) is 0 Å². The molecule has 0 spiro atoms. The van der Waals surface area contributed by atoms with Crippen molar-refractivity contribution in [3.8, 4) is 0 Å². The molecule has 1 aromatic rings. The van der Waals surface area contributed by atoms with Gasteiger partial charge in [-0.2, -0.15) is 0 Å². The summed E-state index contributed by atoms with van der Waals surface area (Å²) in [5, 5.41) is 2.80. The van der Waals surface area contributed by atoms with Crippen LogP contribution >= 0.6 is 0 Å². The van der Waals surface area contributed by atoms with Gasteiger partial charge in [0.05, 0.1) is 18.3 Å². The summed E-state index contributed by atoms with van der Waals surface area (Å²) in [6, 6.07) is 0. The number of hydrogen-bond acceptors (Lipinski definition) is 4. The second-order valence-corrected chi connectivity index (χ2v) is 4.76. The highest BCUT2D eigenvalue weighted by Crippen LogP contribution is 2.25. The van der Waals surface area contributed by atoms with Crippen LogP contribution in [-0.2, 0) is 11.3 Å². The minimum atomic E-state index is -0.695. The van der Waals surface area contributed by atoms with Crippen LogP contribution < -0.4 is 11.1 Å². The molecule has 2 rings (SSSR count). The topological polar surface area (TPSA) is 81.2 Å². The molecule has 1 aliphatic carbocycles. The van der Waals surface area contributed by atoms with Crippen LogP contribution in [0.3, 0.4) is 0 Å². The molecule has 0 radical (unpaired) electrons.